The van der Waals surface area contributed by atoms with Gasteiger partial charge >= 0.3 is 23.9 Å². The molecular weight excluding hydrogens is 334 g/mol. The van der Waals surface area contributed by atoms with Gasteiger partial charge in [-0.2, -0.15) is 5.01 Å². The average Bonchev–Trinajstić information content (AvgIpc) is 2.56. The fraction of sp³-hybridized carbons (Fsp3) is 0.333. The van der Waals surface area contributed by atoms with Crippen LogP contribution in [0.25, 0.3) is 0 Å². The molecule has 0 bridgehead atoms. The molecule has 25 heavy (non-hydrogen) atoms. The van der Waals surface area contributed by atoms with Gasteiger partial charge in [-0.25, -0.2) is 14.6 Å². The summed E-state index contributed by atoms with van der Waals surface area (Å²) < 4.78 is 0. The molecule has 1 aromatic carbocycles. The van der Waals surface area contributed by atoms with Crippen molar-refractivity contribution in [3.63, 3.8) is 0 Å². The van der Waals surface area contributed by atoms with E-state index in [-0.39, 0.29) is 30.9 Å². The molecule has 1 unspecified atom stereocenters. The zero-order valence-electron chi connectivity index (χ0n) is 13.3. The van der Waals surface area contributed by atoms with Gasteiger partial charge in [0.05, 0.1) is 6.54 Å². The van der Waals surface area contributed by atoms with Crippen LogP contribution in [0, 0.1) is 0 Å². The number of hydrogen-bond donors (Lipinski definition) is 3. The van der Waals surface area contributed by atoms with Crippen molar-refractivity contribution >= 4 is 23.9 Å². The number of carboxylic acids is 1. The Bertz CT molecular complexity index is 704. The van der Waals surface area contributed by atoms with Crippen LogP contribution in [0.5, 0.6) is 5.75 Å². The van der Waals surface area contributed by atoms with Crippen LogP contribution in [0.1, 0.15) is 18.5 Å². The molecule has 10 heteroatoms. The molecule has 134 valence electrons. The molecule has 10 nitrogen and oxygen atoms in total. The van der Waals surface area contributed by atoms with Gasteiger partial charge in [-0.05, 0) is 24.6 Å². The van der Waals surface area contributed by atoms with Gasteiger partial charge in [0.25, 0.3) is 0 Å². The molecule has 1 aliphatic heterocycles. The van der Waals surface area contributed by atoms with Crippen LogP contribution in [0.15, 0.2) is 24.3 Å². The lowest BCUT2D eigenvalue weighted by Gasteiger charge is -2.40. The molecule has 1 heterocycles. The second-order valence-electron chi connectivity index (χ2n) is 5.27. The van der Waals surface area contributed by atoms with Gasteiger partial charge in [0, 0.05) is 13.1 Å². The monoisotopic (exact) mass is 351 g/mol. The number of aromatic hydroxyl groups is 1. The molecule has 3 N–H and O–H groups in total. The van der Waals surface area contributed by atoms with E-state index < -0.39 is 29.9 Å². The third-order valence-corrected chi connectivity index (χ3v) is 3.81. The third-order valence-electron chi connectivity index (χ3n) is 3.81. The predicted molar refractivity (Wildman–Crippen MR) is 82.3 cm³/mol. The number of phenolic OH excluding ortho intramolecular Hbond substituents is 1. The predicted octanol–water partition coefficient (Wildman–Crippen LogP) is 0.104. The van der Waals surface area contributed by atoms with Gasteiger partial charge in [0.1, 0.15) is 5.75 Å². The summed E-state index contributed by atoms with van der Waals surface area (Å²) in [4.78, 5) is 48.9. The van der Waals surface area contributed by atoms with Crippen molar-refractivity contribution in [1.82, 2.24) is 14.9 Å². The quantitative estimate of drug-likeness (QED) is 0.640. The van der Waals surface area contributed by atoms with Gasteiger partial charge in [0.15, 0.2) is 6.04 Å². The number of aliphatic carboxylic acids is 1. The molecule has 1 fully saturated rings. The molecule has 1 aliphatic rings. The zero-order chi connectivity index (χ0) is 18.7. The standard InChI is InChI=1S/C15H17N3O7/c1-2-16-7-8-17(13(21)12(16)20)18(15(24)25)11(14(22)23)9-3-5-10(19)6-4-9/h3-6,11,19H,2,7-8H2,1H3,(H,22,23)(H,24,25). The first kappa shape index (κ1) is 18.0. The topological polar surface area (TPSA) is 139 Å². The molecule has 1 aromatic rings. The number of carbonyl (C=O) groups is 4. The number of likely N-dealkylation sites (N-methyl/N-ethyl adjacent to an activating group) is 1. The van der Waals surface area contributed by atoms with Crippen LogP contribution < -0.4 is 0 Å². The van der Waals surface area contributed by atoms with Gasteiger partial charge in [-0.3, -0.25) is 9.59 Å². The number of benzene rings is 1. The van der Waals surface area contributed by atoms with Gasteiger partial charge in [-0.15, -0.1) is 0 Å². The summed E-state index contributed by atoms with van der Waals surface area (Å²) in [5.41, 5.74) is 0.0332. The van der Waals surface area contributed by atoms with Gasteiger partial charge in [-0.1, -0.05) is 12.1 Å². The molecule has 3 amide bonds. The summed E-state index contributed by atoms with van der Waals surface area (Å²) in [5, 5.41) is 29.3. The minimum atomic E-state index is -1.75. The smallest absolute Gasteiger partial charge is 0.427 e. The summed E-state index contributed by atoms with van der Waals surface area (Å²) >= 11 is 0. The van der Waals surface area contributed by atoms with Crippen molar-refractivity contribution in [2.45, 2.75) is 13.0 Å². The minimum Gasteiger partial charge on any atom is -0.508 e. The number of hydrogen-bond acceptors (Lipinski definition) is 5. The highest BCUT2D eigenvalue weighted by Gasteiger charge is 2.43. The molecule has 0 spiro atoms. The maximum Gasteiger partial charge on any atom is 0.427 e. The van der Waals surface area contributed by atoms with Crippen LogP contribution >= 0.6 is 0 Å². The first-order chi connectivity index (χ1) is 11.8. The average molecular weight is 351 g/mol. The normalized spacial score (nSPS) is 15.9. The lowest BCUT2D eigenvalue weighted by Crippen LogP contribution is -2.62. The zero-order valence-corrected chi connectivity index (χ0v) is 13.3. The van der Waals surface area contributed by atoms with Crippen molar-refractivity contribution in [2.75, 3.05) is 19.6 Å². The van der Waals surface area contributed by atoms with Crippen molar-refractivity contribution < 1.29 is 34.5 Å². The maximum atomic E-state index is 12.2. The summed E-state index contributed by atoms with van der Waals surface area (Å²) in [6, 6.07) is 3.13. The SMILES string of the molecule is CCN1CCN(N(C(=O)O)C(C(=O)O)c2ccc(O)cc2)C(=O)C1=O. The van der Waals surface area contributed by atoms with Crippen LogP contribution in [-0.2, 0) is 14.4 Å². The molecule has 2 rings (SSSR count). The van der Waals surface area contributed by atoms with Crippen molar-refractivity contribution in [1.29, 1.82) is 0 Å². The van der Waals surface area contributed by atoms with E-state index in [9.17, 15) is 34.5 Å². The second-order valence-corrected chi connectivity index (χ2v) is 5.27. The Kier molecular flexibility index (Phi) is 5.11. The summed E-state index contributed by atoms with van der Waals surface area (Å²) in [7, 11) is 0. The highest BCUT2D eigenvalue weighted by atomic mass is 16.4. The van der Waals surface area contributed by atoms with Crippen LogP contribution in [-0.4, -0.2) is 73.7 Å². The largest absolute Gasteiger partial charge is 0.508 e. The van der Waals surface area contributed by atoms with Crippen molar-refractivity contribution in [3.05, 3.63) is 29.8 Å². The van der Waals surface area contributed by atoms with Crippen molar-refractivity contribution in [3.8, 4) is 5.75 Å². The maximum absolute atomic E-state index is 12.2. The minimum absolute atomic E-state index is 0.0332. The number of hydrazine groups is 1. The first-order valence-electron chi connectivity index (χ1n) is 7.42. The summed E-state index contributed by atoms with van der Waals surface area (Å²) in [6.45, 7) is 1.90. The van der Waals surface area contributed by atoms with Crippen molar-refractivity contribution in [2.24, 2.45) is 0 Å². The van der Waals surface area contributed by atoms with Crippen LogP contribution in [0.3, 0.4) is 0 Å². The number of rotatable bonds is 5. The van der Waals surface area contributed by atoms with E-state index in [1.807, 2.05) is 0 Å². The fourth-order valence-electron chi connectivity index (χ4n) is 2.57. The van der Waals surface area contributed by atoms with Crippen LogP contribution in [0.4, 0.5) is 4.79 Å². The van der Waals surface area contributed by atoms with E-state index >= 15 is 0 Å². The molecule has 0 aromatic heterocycles. The molecule has 1 atom stereocenters. The number of carboxylic acid groups (broad SMARTS) is 2. The van der Waals surface area contributed by atoms with E-state index in [1.54, 1.807) is 6.92 Å². The third kappa shape index (κ3) is 3.47. The van der Waals surface area contributed by atoms with E-state index in [2.05, 4.69) is 0 Å². The Hall–Kier alpha value is -3.30. The Labute approximate surface area is 142 Å². The molecule has 1 saturated heterocycles. The number of amides is 3. The lowest BCUT2D eigenvalue weighted by atomic mass is 10.1. The Morgan fingerprint density at radius 3 is 2.20 bits per heavy atom. The Balaban J connectivity index is 2.42. The fourth-order valence-corrected chi connectivity index (χ4v) is 2.57. The highest BCUT2D eigenvalue weighted by Crippen LogP contribution is 2.26. The number of piperazine rings is 1. The Morgan fingerprint density at radius 1 is 1.12 bits per heavy atom. The molecule has 0 radical (unpaired) electrons. The molecular formula is C15H17N3O7. The Morgan fingerprint density at radius 2 is 1.72 bits per heavy atom. The first-order valence-corrected chi connectivity index (χ1v) is 7.42. The van der Waals surface area contributed by atoms with E-state index in [0.717, 1.165) is 0 Å². The second kappa shape index (κ2) is 7.07. The van der Waals surface area contributed by atoms with E-state index in [1.165, 1.54) is 29.2 Å². The van der Waals surface area contributed by atoms with Gasteiger partial charge in [0.2, 0.25) is 0 Å². The number of carbonyl (C=O) groups excluding carboxylic acids is 2. The number of phenols is 1. The van der Waals surface area contributed by atoms with Crippen LogP contribution in [0.2, 0.25) is 0 Å². The lowest BCUT2D eigenvalue weighted by molar-refractivity contribution is -0.174. The van der Waals surface area contributed by atoms with E-state index in [4.69, 9.17) is 0 Å². The summed E-state index contributed by atoms with van der Waals surface area (Å²) in [5.74, 6) is -3.65. The van der Waals surface area contributed by atoms with Gasteiger partial charge < -0.3 is 20.2 Å². The molecule has 0 saturated carbocycles. The highest BCUT2D eigenvalue weighted by molar-refractivity contribution is 6.35. The summed E-state index contributed by atoms with van der Waals surface area (Å²) in [6.07, 6.45) is -1.69. The molecule has 0 aliphatic carbocycles. The number of nitrogens with zero attached hydrogens (tertiary/aromatic N) is 3. The van der Waals surface area contributed by atoms with E-state index in [0.29, 0.717) is 10.0 Å².